The number of thiocarbonyl (C=S) groups is 1. The van der Waals surface area contributed by atoms with E-state index in [1.165, 1.54) is 0 Å². The fourth-order valence-electron chi connectivity index (χ4n) is 0.240. The zero-order valence-electron chi connectivity index (χ0n) is 4.05. The van der Waals surface area contributed by atoms with E-state index < -0.39 is 0 Å². The van der Waals surface area contributed by atoms with Gasteiger partial charge in [-0.3, -0.25) is 0 Å². The van der Waals surface area contributed by atoms with Gasteiger partial charge in [0.05, 0.1) is 6.61 Å². The van der Waals surface area contributed by atoms with Crippen LogP contribution < -0.4 is 5.73 Å². The van der Waals surface area contributed by atoms with Crippen molar-refractivity contribution < 1.29 is 5.11 Å². The summed E-state index contributed by atoms with van der Waals surface area (Å²) in [6.07, 6.45) is 0.659. The first-order valence-corrected chi connectivity index (χ1v) is 2.54. The first-order valence-electron chi connectivity index (χ1n) is 2.14. The van der Waals surface area contributed by atoms with Crippen LogP contribution in [0.1, 0.15) is 6.42 Å². The molecule has 0 aliphatic rings. The van der Waals surface area contributed by atoms with Crippen LogP contribution in [-0.2, 0) is 0 Å². The molecule has 0 amide bonds. The third-order valence-electron chi connectivity index (χ3n) is 0.600. The highest BCUT2D eigenvalue weighted by molar-refractivity contribution is 7.80. The molecule has 0 aromatic heterocycles. The van der Waals surface area contributed by atoms with E-state index in [4.69, 9.17) is 10.8 Å². The Morgan fingerprint density at radius 2 is 2.29 bits per heavy atom. The van der Waals surface area contributed by atoms with E-state index in [9.17, 15) is 0 Å². The SMILES string of the molecule is NCCC(=S)CO. The monoisotopic (exact) mass is 119 g/mol. The quantitative estimate of drug-likeness (QED) is 0.501. The molecule has 0 aliphatic heterocycles. The predicted molar refractivity (Wildman–Crippen MR) is 33.4 cm³/mol. The molecule has 0 radical (unpaired) electrons. The highest BCUT2D eigenvalue weighted by atomic mass is 32.1. The molecule has 3 N–H and O–H groups in total. The standard InChI is InChI=1S/C4H9NOS/c5-2-1-4(7)3-6/h6H,1-3,5H2. The van der Waals surface area contributed by atoms with Crippen LogP contribution >= 0.6 is 12.2 Å². The Morgan fingerprint density at radius 3 is 2.43 bits per heavy atom. The number of nitrogens with two attached hydrogens (primary N) is 1. The molecular weight excluding hydrogens is 110 g/mol. The fraction of sp³-hybridized carbons (Fsp3) is 0.750. The van der Waals surface area contributed by atoms with Crippen molar-refractivity contribution in [2.24, 2.45) is 5.73 Å². The van der Waals surface area contributed by atoms with E-state index in [1.807, 2.05) is 0 Å². The number of hydrogen-bond donors (Lipinski definition) is 2. The van der Waals surface area contributed by atoms with E-state index in [0.29, 0.717) is 17.8 Å². The average molecular weight is 119 g/mol. The second-order valence-electron chi connectivity index (χ2n) is 1.24. The van der Waals surface area contributed by atoms with Crippen molar-refractivity contribution in [1.29, 1.82) is 0 Å². The Hall–Kier alpha value is 0.01000. The lowest BCUT2D eigenvalue weighted by Crippen LogP contribution is -2.08. The van der Waals surface area contributed by atoms with E-state index in [2.05, 4.69) is 12.2 Å². The van der Waals surface area contributed by atoms with Crippen molar-refractivity contribution in [2.75, 3.05) is 13.2 Å². The van der Waals surface area contributed by atoms with Gasteiger partial charge < -0.3 is 10.8 Å². The van der Waals surface area contributed by atoms with E-state index >= 15 is 0 Å². The smallest absolute Gasteiger partial charge is 0.0744 e. The lowest BCUT2D eigenvalue weighted by Gasteiger charge is -1.91. The molecule has 7 heavy (non-hydrogen) atoms. The zero-order valence-corrected chi connectivity index (χ0v) is 4.87. The largest absolute Gasteiger partial charge is 0.391 e. The summed E-state index contributed by atoms with van der Waals surface area (Å²) in [5.41, 5.74) is 5.11. The molecule has 2 nitrogen and oxygen atoms in total. The molecule has 0 atom stereocenters. The van der Waals surface area contributed by atoms with Crippen molar-refractivity contribution in [3.05, 3.63) is 0 Å². The van der Waals surface area contributed by atoms with Gasteiger partial charge in [-0.05, 0) is 13.0 Å². The maximum Gasteiger partial charge on any atom is 0.0744 e. The van der Waals surface area contributed by atoms with E-state index in [1.54, 1.807) is 0 Å². The van der Waals surface area contributed by atoms with Gasteiger partial charge in [0.2, 0.25) is 0 Å². The number of hydrogen-bond acceptors (Lipinski definition) is 3. The minimum absolute atomic E-state index is 0.00741. The lowest BCUT2D eigenvalue weighted by molar-refractivity contribution is 0.357. The van der Waals surface area contributed by atoms with Crippen molar-refractivity contribution in [3.8, 4) is 0 Å². The fourth-order valence-corrected chi connectivity index (χ4v) is 0.358. The van der Waals surface area contributed by atoms with Crippen molar-refractivity contribution >= 4 is 17.1 Å². The summed E-state index contributed by atoms with van der Waals surface area (Å²) in [5, 5.41) is 8.27. The summed E-state index contributed by atoms with van der Waals surface area (Å²) in [5.74, 6) is 0. The highest BCUT2D eigenvalue weighted by Gasteiger charge is 1.87. The van der Waals surface area contributed by atoms with Crippen LogP contribution in [0.5, 0.6) is 0 Å². The van der Waals surface area contributed by atoms with Gasteiger partial charge in [-0.25, -0.2) is 0 Å². The molecule has 0 saturated heterocycles. The average Bonchev–Trinajstić information content (AvgIpc) is 1.68. The Labute approximate surface area is 48.3 Å². The van der Waals surface area contributed by atoms with Crippen molar-refractivity contribution in [3.63, 3.8) is 0 Å². The summed E-state index contributed by atoms with van der Waals surface area (Å²) in [7, 11) is 0. The van der Waals surface area contributed by atoms with Gasteiger partial charge in [-0.1, -0.05) is 12.2 Å². The van der Waals surface area contributed by atoms with Gasteiger partial charge in [0, 0.05) is 4.86 Å². The topological polar surface area (TPSA) is 46.2 Å². The maximum atomic E-state index is 8.27. The first kappa shape index (κ1) is 7.01. The van der Waals surface area contributed by atoms with Gasteiger partial charge in [0.1, 0.15) is 0 Å². The third-order valence-corrected chi connectivity index (χ3v) is 0.933. The Balaban J connectivity index is 3.00. The molecule has 0 spiro atoms. The zero-order chi connectivity index (χ0) is 5.70. The molecule has 0 rings (SSSR count). The normalized spacial score (nSPS) is 8.86. The van der Waals surface area contributed by atoms with Crippen LogP contribution in [0.25, 0.3) is 0 Å². The minimum atomic E-state index is -0.00741. The molecule has 0 aliphatic carbocycles. The Kier molecular flexibility index (Phi) is 4.18. The second kappa shape index (κ2) is 4.18. The second-order valence-corrected chi connectivity index (χ2v) is 1.81. The van der Waals surface area contributed by atoms with E-state index in [-0.39, 0.29) is 6.61 Å². The molecule has 0 bridgehead atoms. The van der Waals surface area contributed by atoms with Gasteiger partial charge in [0.15, 0.2) is 0 Å². The summed E-state index contributed by atoms with van der Waals surface area (Å²) in [6.45, 7) is 0.534. The summed E-state index contributed by atoms with van der Waals surface area (Å²) < 4.78 is 0. The summed E-state index contributed by atoms with van der Waals surface area (Å²) in [6, 6.07) is 0. The summed E-state index contributed by atoms with van der Waals surface area (Å²) in [4.78, 5) is 0.641. The summed E-state index contributed by atoms with van der Waals surface area (Å²) >= 11 is 4.62. The number of aliphatic hydroxyl groups excluding tert-OH is 1. The predicted octanol–water partition coefficient (Wildman–Crippen LogP) is -0.303. The Morgan fingerprint density at radius 1 is 1.71 bits per heavy atom. The van der Waals surface area contributed by atoms with Gasteiger partial charge in [0.25, 0.3) is 0 Å². The molecule has 3 heteroatoms. The third kappa shape index (κ3) is 3.85. The lowest BCUT2D eigenvalue weighted by atomic mass is 10.3. The molecule has 0 saturated carbocycles. The van der Waals surface area contributed by atoms with E-state index in [0.717, 1.165) is 0 Å². The highest BCUT2D eigenvalue weighted by Crippen LogP contribution is 1.79. The molecule has 0 aromatic rings. The minimum Gasteiger partial charge on any atom is -0.391 e. The number of rotatable bonds is 3. The number of aliphatic hydroxyl groups is 1. The van der Waals surface area contributed by atoms with Gasteiger partial charge in [-0.2, -0.15) is 0 Å². The van der Waals surface area contributed by atoms with Crippen LogP contribution in [0, 0.1) is 0 Å². The van der Waals surface area contributed by atoms with Crippen LogP contribution in [0.2, 0.25) is 0 Å². The van der Waals surface area contributed by atoms with Crippen LogP contribution in [0.4, 0.5) is 0 Å². The molecule has 42 valence electrons. The molecule has 0 unspecified atom stereocenters. The van der Waals surface area contributed by atoms with Gasteiger partial charge in [-0.15, -0.1) is 0 Å². The molecule has 0 heterocycles. The Bertz CT molecular complexity index is 64.7. The van der Waals surface area contributed by atoms with Crippen molar-refractivity contribution in [1.82, 2.24) is 0 Å². The van der Waals surface area contributed by atoms with Crippen LogP contribution in [0.15, 0.2) is 0 Å². The first-order chi connectivity index (χ1) is 3.31. The van der Waals surface area contributed by atoms with Crippen LogP contribution in [0.3, 0.4) is 0 Å². The van der Waals surface area contributed by atoms with Gasteiger partial charge >= 0.3 is 0 Å². The van der Waals surface area contributed by atoms with Crippen LogP contribution in [-0.4, -0.2) is 23.1 Å². The maximum absolute atomic E-state index is 8.27. The van der Waals surface area contributed by atoms with Crippen molar-refractivity contribution in [2.45, 2.75) is 6.42 Å². The molecule has 0 aromatic carbocycles. The molecular formula is C4H9NOS. The molecule has 0 fully saturated rings.